The minimum Gasteiger partial charge on any atom is -0.378 e. The Kier molecular flexibility index (Phi) is 3.34. The lowest BCUT2D eigenvalue weighted by atomic mass is 10.1. The molecule has 5 heteroatoms. The second-order valence-electron chi connectivity index (χ2n) is 5.03. The van der Waals surface area contributed by atoms with Crippen molar-refractivity contribution in [2.75, 3.05) is 6.61 Å². The quantitative estimate of drug-likeness (QED) is 0.831. The third-order valence-electron chi connectivity index (χ3n) is 3.63. The molecule has 3 rings (SSSR count). The lowest BCUT2D eigenvalue weighted by Crippen LogP contribution is -2.21. The van der Waals surface area contributed by atoms with Gasteiger partial charge in [0, 0.05) is 19.1 Å². The summed E-state index contributed by atoms with van der Waals surface area (Å²) in [6.45, 7) is 1.80. The Hall–Kier alpha value is -0.610. The number of nitrogens with zero attached hydrogens (tertiary/aromatic N) is 3. The van der Waals surface area contributed by atoms with Gasteiger partial charge in [0.25, 0.3) is 0 Å². The molecule has 0 bridgehead atoms. The molecule has 1 aromatic heterocycles. The van der Waals surface area contributed by atoms with E-state index < -0.39 is 0 Å². The van der Waals surface area contributed by atoms with E-state index in [4.69, 9.17) is 16.3 Å². The topological polar surface area (TPSA) is 39.9 Å². The second kappa shape index (κ2) is 4.94. The second-order valence-corrected chi connectivity index (χ2v) is 5.37. The van der Waals surface area contributed by atoms with Crippen molar-refractivity contribution in [3.63, 3.8) is 0 Å². The van der Waals surface area contributed by atoms with Crippen LogP contribution in [-0.2, 0) is 11.3 Å². The van der Waals surface area contributed by atoms with Crippen molar-refractivity contribution in [2.45, 2.75) is 57.1 Å². The van der Waals surface area contributed by atoms with Crippen molar-refractivity contribution in [2.24, 2.45) is 0 Å². The Morgan fingerprint density at radius 2 is 2.12 bits per heavy atom. The summed E-state index contributed by atoms with van der Waals surface area (Å²) in [5, 5.41) is 8.69. The van der Waals surface area contributed by atoms with Gasteiger partial charge in [0.05, 0.1) is 6.10 Å². The minimum atomic E-state index is 0.397. The highest BCUT2D eigenvalue weighted by Crippen LogP contribution is 2.39. The first kappa shape index (κ1) is 11.5. The predicted molar refractivity (Wildman–Crippen MR) is 65.2 cm³/mol. The highest BCUT2D eigenvalue weighted by atomic mass is 35.5. The monoisotopic (exact) mass is 255 g/mol. The molecule has 0 radical (unpaired) electrons. The molecule has 2 fully saturated rings. The normalized spacial score (nSPS) is 25.1. The van der Waals surface area contributed by atoms with Crippen molar-refractivity contribution < 1.29 is 4.74 Å². The summed E-state index contributed by atoms with van der Waals surface area (Å²) >= 11 is 6.08. The predicted octanol–water partition coefficient (Wildman–Crippen LogP) is 2.77. The first-order valence-electron chi connectivity index (χ1n) is 6.55. The molecule has 1 unspecified atom stereocenters. The fourth-order valence-electron chi connectivity index (χ4n) is 2.45. The highest BCUT2D eigenvalue weighted by Gasteiger charge is 2.30. The van der Waals surface area contributed by atoms with Gasteiger partial charge in [-0.2, -0.15) is 0 Å². The van der Waals surface area contributed by atoms with Crippen LogP contribution in [0.2, 0.25) is 5.28 Å². The van der Waals surface area contributed by atoms with Crippen molar-refractivity contribution in [3.8, 4) is 0 Å². The molecule has 0 aromatic carbocycles. The van der Waals surface area contributed by atoms with Crippen LogP contribution in [0.15, 0.2) is 0 Å². The summed E-state index contributed by atoms with van der Waals surface area (Å²) in [4.78, 5) is 0. The van der Waals surface area contributed by atoms with E-state index in [1.54, 1.807) is 0 Å². The van der Waals surface area contributed by atoms with Gasteiger partial charge in [-0.15, -0.1) is 10.2 Å². The van der Waals surface area contributed by atoms with Gasteiger partial charge < -0.3 is 9.30 Å². The minimum absolute atomic E-state index is 0.397. The molecule has 2 aliphatic rings. The number of aromatic nitrogens is 3. The van der Waals surface area contributed by atoms with Crippen LogP contribution in [0.4, 0.5) is 0 Å². The largest absolute Gasteiger partial charge is 0.378 e. The molecular formula is C12H18ClN3O. The summed E-state index contributed by atoms with van der Waals surface area (Å²) in [6, 6.07) is 0. The van der Waals surface area contributed by atoms with Crippen molar-refractivity contribution in [3.05, 3.63) is 11.1 Å². The molecule has 0 amide bonds. The number of ether oxygens (including phenoxy) is 1. The SMILES string of the molecule is Clc1nnc(C2CC2)n1CCC1CCCCO1. The van der Waals surface area contributed by atoms with Gasteiger partial charge in [0.15, 0.2) is 0 Å². The number of halogens is 1. The maximum Gasteiger partial charge on any atom is 0.225 e. The lowest BCUT2D eigenvalue weighted by Gasteiger charge is -2.22. The molecule has 1 aromatic rings. The van der Waals surface area contributed by atoms with E-state index in [-0.39, 0.29) is 0 Å². The number of hydrogen-bond acceptors (Lipinski definition) is 3. The van der Waals surface area contributed by atoms with E-state index in [1.807, 2.05) is 0 Å². The maximum atomic E-state index is 6.08. The Bertz CT molecular complexity index is 383. The van der Waals surface area contributed by atoms with Crippen LogP contribution in [0, 0.1) is 0 Å². The average molecular weight is 256 g/mol. The molecule has 0 N–H and O–H groups in total. The third-order valence-corrected chi connectivity index (χ3v) is 3.91. The van der Waals surface area contributed by atoms with Crippen LogP contribution in [0.3, 0.4) is 0 Å². The molecule has 1 aliphatic heterocycles. The van der Waals surface area contributed by atoms with E-state index in [9.17, 15) is 0 Å². The molecule has 0 spiro atoms. The highest BCUT2D eigenvalue weighted by molar-refractivity contribution is 6.28. The smallest absolute Gasteiger partial charge is 0.225 e. The van der Waals surface area contributed by atoms with Gasteiger partial charge >= 0.3 is 0 Å². The van der Waals surface area contributed by atoms with Crippen LogP contribution in [0.5, 0.6) is 0 Å². The van der Waals surface area contributed by atoms with E-state index in [1.165, 1.54) is 32.1 Å². The average Bonchev–Trinajstić information content (AvgIpc) is 3.13. The van der Waals surface area contributed by atoms with Crippen LogP contribution < -0.4 is 0 Å². The van der Waals surface area contributed by atoms with Crippen LogP contribution in [0.25, 0.3) is 0 Å². The Morgan fingerprint density at radius 1 is 1.24 bits per heavy atom. The Morgan fingerprint density at radius 3 is 2.82 bits per heavy atom. The van der Waals surface area contributed by atoms with Gasteiger partial charge in [-0.25, -0.2) is 0 Å². The van der Waals surface area contributed by atoms with Crippen molar-refractivity contribution in [1.29, 1.82) is 0 Å². The molecule has 94 valence electrons. The third kappa shape index (κ3) is 2.63. The zero-order valence-electron chi connectivity index (χ0n) is 9.94. The van der Waals surface area contributed by atoms with Gasteiger partial charge in [-0.3, -0.25) is 0 Å². The first-order valence-corrected chi connectivity index (χ1v) is 6.92. The molecule has 17 heavy (non-hydrogen) atoms. The standard InChI is InChI=1S/C12H18ClN3O/c13-12-15-14-11(9-4-5-9)16(12)7-6-10-3-1-2-8-17-10/h9-10H,1-8H2. The maximum absolute atomic E-state index is 6.08. The Balaban J connectivity index is 1.61. The van der Waals surface area contributed by atoms with Gasteiger partial charge in [-0.05, 0) is 50.1 Å². The summed E-state index contributed by atoms with van der Waals surface area (Å²) in [6.07, 6.45) is 7.56. The van der Waals surface area contributed by atoms with E-state index in [0.717, 1.165) is 25.4 Å². The van der Waals surface area contributed by atoms with Crippen molar-refractivity contribution in [1.82, 2.24) is 14.8 Å². The summed E-state index contributed by atoms with van der Waals surface area (Å²) in [5.41, 5.74) is 0. The number of rotatable bonds is 4. The van der Waals surface area contributed by atoms with Crippen LogP contribution in [0.1, 0.15) is 50.3 Å². The lowest BCUT2D eigenvalue weighted by molar-refractivity contribution is 0.00870. The van der Waals surface area contributed by atoms with Gasteiger partial charge in [-0.1, -0.05) is 0 Å². The fraction of sp³-hybridized carbons (Fsp3) is 0.833. The molecule has 1 atom stereocenters. The van der Waals surface area contributed by atoms with Crippen LogP contribution in [-0.4, -0.2) is 27.5 Å². The van der Waals surface area contributed by atoms with E-state index in [2.05, 4.69) is 14.8 Å². The zero-order valence-corrected chi connectivity index (χ0v) is 10.7. The Labute approximate surface area is 106 Å². The zero-order chi connectivity index (χ0) is 11.7. The van der Waals surface area contributed by atoms with E-state index in [0.29, 0.717) is 17.3 Å². The summed E-state index contributed by atoms with van der Waals surface area (Å²) < 4.78 is 7.80. The molecular weight excluding hydrogens is 238 g/mol. The molecule has 1 saturated carbocycles. The summed E-state index contributed by atoms with van der Waals surface area (Å²) in [5.74, 6) is 1.67. The molecule has 4 nitrogen and oxygen atoms in total. The van der Waals surface area contributed by atoms with Crippen LogP contribution >= 0.6 is 11.6 Å². The molecule has 1 saturated heterocycles. The van der Waals surface area contributed by atoms with E-state index >= 15 is 0 Å². The molecule has 2 heterocycles. The summed E-state index contributed by atoms with van der Waals surface area (Å²) in [7, 11) is 0. The first-order chi connectivity index (χ1) is 8.34. The van der Waals surface area contributed by atoms with Gasteiger partial charge in [0.2, 0.25) is 5.28 Å². The van der Waals surface area contributed by atoms with Crippen molar-refractivity contribution >= 4 is 11.6 Å². The fourth-order valence-corrected chi connectivity index (χ4v) is 2.66. The molecule has 1 aliphatic carbocycles. The van der Waals surface area contributed by atoms with Gasteiger partial charge in [0.1, 0.15) is 5.82 Å². The number of hydrogen-bond donors (Lipinski definition) is 0.